The van der Waals surface area contributed by atoms with Gasteiger partial charge in [-0.2, -0.15) is 0 Å². The highest BCUT2D eigenvalue weighted by Crippen LogP contribution is 2.20. The van der Waals surface area contributed by atoms with E-state index in [2.05, 4.69) is 17.2 Å². The Morgan fingerprint density at radius 3 is 2.74 bits per heavy atom. The molecule has 1 heterocycles. The molecule has 0 fully saturated rings. The van der Waals surface area contributed by atoms with E-state index < -0.39 is 0 Å². The molecule has 0 aliphatic rings. The predicted octanol–water partition coefficient (Wildman–Crippen LogP) is 3.30. The van der Waals surface area contributed by atoms with Crippen molar-refractivity contribution < 1.29 is 4.74 Å². The van der Waals surface area contributed by atoms with Crippen LogP contribution in [0.4, 0.5) is 5.69 Å². The number of nitrogen functional groups attached to an aromatic ring is 1. The van der Waals surface area contributed by atoms with Gasteiger partial charge in [0.1, 0.15) is 5.75 Å². The summed E-state index contributed by atoms with van der Waals surface area (Å²) in [5.41, 5.74) is 9.79. The van der Waals surface area contributed by atoms with Crippen molar-refractivity contribution >= 4 is 5.69 Å². The summed E-state index contributed by atoms with van der Waals surface area (Å²) in [4.78, 5) is 0. The number of aryl methyl sites for hydroxylation is 2. The van der Waals surface area contributed by atoms with E-state index in [1.165, 1.54) is 5.56 Å². The molecule has 2 aromatic carbocycles. The second-order valence-electron chi connectivity index (χ2n) is 5.48. The van der Waals surface area contributed by atoms with Gasteiger partial charge in [0.05, 0.1) is 18.5 Å². The zero-order chi connectivity index (χ0) is 16.1. The smallest absolute Gasteiger partial charge is 0.119 e. The van der Waals surface area contributed by atoms with E-state index in [4.69, 9.17) is 10.5 Å². The summed E-state index contributed by atoms with van der Waals surface area (Å²) >= 11 is 0. The number of nitrogens with two attached hydrogens (primary N) is 1. The molecular weight excluding hydrogens is 288 g/mol. The summed E-state index contributed by atoms with van der Waals surface area (Å²) < 4.78 is 7.62. The van der Waals surface area contributed by atoms with Crippen molar-refractivity contribution in [3.63, 3.8) is 0 Å². The molecule has 5 heteroatoms. The van der Waals surface area contributed by atoms with Gasteiger partial charge in [0.25, 0.3) is 0 Å². The maximum atomic E-state index is 5.84. The largest absolute Gasteiger partial charge is 0.494 e. The molecule has 0 bridgehead atoms. The molecule has 118 valence electrons. The molecule has 23 heavy (non-hydrogen) atoms. The number of rotatable bonds is 6. The Morgan fingerprint density at radius 2 is 1.96 bits per heavy atom. The third kappa shape index (κ3) is 3.88. The minimum atomic E-state index is 0.638. The van der Waals surface area contributed by atoms with Crippen LogP contribution in [0.2, 0.25) is 0 Å². The van der Waals surface area contributed by atoms with Gasteiger partial charge in [0.2, 0.25) is 0 Å². The fourth-order valence-electron chi connectivity index (χ4n) is 2.38. The quantitative estimate of drug-likeness (QED) is 0.560. The summed E-state index contributed by atoms with van der Waals surface area (Å²) in [5.74, 6) is 0.894. The van der Waals surface area contributed by atoms with Gasteiger partial charge in [-0.25, -0.2) is 4.68 Å². The zero-order valence-electron chi connectivity index (χ0n) is 13.1. The number of hydrogen-bond acceptors (Lipinski definition) is 4. The molecule has 0 saturated heterocycles. The lowest BCUT2D eigenvalue weighted by Crippen LogP contribution is -2.07. The molecule has 0 radical (unpaired) electrons. The first kappa shape index (κ1) is 15.1. The first-order valence-electron chi connectivity index (χ1n) is 7.66. The van der Waals surface area contributed by atoms with Gasteiger partial charge in [0.15, 0.2) is 0 Å². The lowest BCUT2D eigenvalue weighted by Gasteiger charge is -2.08. The Morgan fingerprint density at radius 1 is 1.13 bits per heavy atom. The Labute approximate surface area is 135 Å². The average molecular weight is 308 g/mol. The van der Waals surface area contributed by atoms with Crippen LogP contribution in [-0.4, -0.2) is 21.6 Å². The van der Waals surface area contributed by atoms with E-state index in [0.29, 0.717) is 6.61 Å². The van der Waals surface area contributed by atoms with Crippen LogP contribution in [0.15, 0.2) is 54.7 Å². The molecule has 0 spiro atoms. The van der Waals surface area contributed by atoms with Crippen LogP contribution in [0, 0.1) is 6.92 Å². The summed E-state index contributed by atoms with van der Waals surface area (Å²) in [6.45, 7) is 3.45. The molecule has 0 aliphatic carbocycles. The van der Waals surface area contributed by atoms with Gasteiger partial charge in [-0.05, 0) is 31.2 Å². The molecule has 0 atom stereocenters. The number of ether oxygens (including phenoxy) is 1. The van der Waals surface area contributed by atoms with Crippen molar-refractivity contribution in [3.8, 4) is 17.0 Å². The molecule has 0 amide bonds. The number of hydrogen-bond donors (Lipinski definition) is 1. The summed E-state index contributed by atoms with van der Waals surface area (Å²) in [6.07, 6.45) is 2.61. The second-order valence-corrected chi connectivity index (χ2v) is 5.48. The zero-order valence-corrected chi connectivity index (χ0v) is 13.1. The van der Waals surface area contributed by atoms with Crippen molar-refractivity contribution in [2.75, 3.05) is 12.3 Å². The predicted molar refractivity (Wildman–Crippen MR) is 91.2 cm³/mol. The monoisotopic (exact) mass is 308 g/mol. The molecule has 0 saturated carbocycles. The van der Waals surface area contributed by atoms with Crippen molar-refractivity contribution in [1.29, 1.82) is 0 Å². The van der Waals surface area contributed by atoms with Crippen molar-refractivity contribution in [3.05, 3.63) is 60.3 Å². The van der Waals surface area contributed by atoms with Crippen LogP contribution in [0.25, 0.3) is 11.3 Å². The molecule has 5 nitrogen and oxygen atoms in total. The summed E-state index contributed by atoms with van der Waals surface area (Å²) in [7, 11) is 0. The number of nitrogens with zero attached hydrogens (tertiary/aromatic N) is 3. The van der Waals surface area contributed by atoms with E-state index in [9.17, 15) is 0 Å². The third-order valence-electron chi connectivity index (χ3n) is 3.60. The van der Waals surface area contributed by atoms with Gasteiger partial charge in [0, 0.05) is 24.2 Å². The standard InChI is InChI=1S/C18H20N4O/c1-14-6-8-17(9-7-14)23-11-3-10-22-18(13-20-21-22)15-4-2-5-16(19)12-15/h2,4-9,12-13H,3,10-11,19H2,1H3. The van der Waals surface area contributed by atoms with Crippen LogP contribution in [0.3, 0.4) is 0 Å². The van der Waals surface area contributed by atoms with Crippen molar-refractivity contribution in [2.24, 2.45) is 0 Å². The van der Waals surface area contributed by atoms with E-state index in [1.807, 2.05) is 53.2 Å². The molecule has 0 aliphatic heterocycles. The van der Waals surface area contributed by atoms with Crippen LogP contribution in [0.1, 0.15) is 12.0 Å². The van der Waals surface area contributed by atoms with E-state index in [1.54, 1.807) is 6.20 Å². The molecular formula is C18H20N4O. The third-order valence-corrected chi connectivity index (χ3v) is 3.60. The van der Waals surface area contributed by atoms with Crippen LogP contribution >= 0.6 is 0 Å². The molecule has 0 unspecified atom stereocenters. The van der Waals surface area contributed by atoms with Crippen LogP contribution < -0.4 is 10.5 Å². The number of anilines is 1. The molecule has 3 rings (SSSR count). The molecule has 1 aromatic heterocycles. The maximum Gasteiger partial charge on any atom is 0.119 e. The first-order chi connectivity index (χ1) is 11.2. The normalized spacial score (nSPS) is 10.7. The van der Waals surface area contributed by atoms with E-state index >= 15 is 0 Å². The molecule has 2 N–H and O–H groups in total. The van der Waals surface area contributed by atoms with Crippen LogP contribution in [-0.2, 0) is 6.54 Å². The van der Waals surface area contributed by atoms with Gasteiger partial charge < -0.3 is 10.5 Å². The fraction of sp³-hybridized carbons (Fsp3) is 0.222. The number of aromatic nitrogens is 3. The Balaban J connectivity index is 1.57. The topological polar surface area (TPSA) is 66.0 Å². The lowest BCUT2D eigenvalue weighted by atomic mass is 10.1. The average Bonchev–Trinajstić information content (AvgIpc) is 3.02. The number of benzene rings is 2. The Hall–Kier alpha value is -2.82. The minimum Gasteiger partial charge on any atom is -0.494 e. The van der Waals surface area contributed by atoms with E-state index in [0.717, 1.165) is 35.7 Å². The summed E-state index contributed by atoms with van der Waals surface area (Å²) in [6, 6.07) is 15.8. The second kappa shape index (κ2) is 6.96. The lowest BCUT2D eigenvalue weighted by molar-refractivity contribution is 0.298. The highest BCUT2D eigenvalue weighted by molar-refractivity contribution is 5.63. The SMILES string of the molecule is Cc1ccc(OCCCn2nncc2-c2cccc(N)c2)cc1. The molecule has 3 aromatic rings. The minimum absolute atomic E-state index is 0.638. The van der Waals surface area contributed by atoms with Gasteiger partial charge >= 0.3 is 0 Å². The van der Waals surface area contributed by atoms with Crippen molar-refractivity contribution in [1.82, 2.24) is 15.0 Å². The van der Waals surface area contributed by atoms with Gasteiger partial charge in [-0.3, -0.25) is 0 Å². The Bertz CT molecular complexity index is 765. The maximum absolute atomic E-state index is 5.84. The van der Waals surface area contributed by atoms with Gasteiger partial charge in [-0.15, -0.1) is 5.10 Å². The Kier molecular flexibility index (Phi) is 4.57. The highest BCUT2D eigenvalue weighted by Gasteiger charge is 2.07. The van der Waals surface area contributed by atoms with Crippen molar-refractivity contribution in [2.45, 2.75) is 19.9 Å². The summed E-state index contributed by atoms with van der Waals surface area (Å²) in [5, 5.41) is 8.15. The van der Waals surface area contributed by atoms with Crippen LogP contribution in [0.5, 0.6) is 5.75 Å². The highest BCUT2D eigenvalue weighted by atomic mass is 16.5. The fourth-order valence-corrected chi connectivity index (χ4v) is 2.38. The van der Waals surface area contributed by atoms with Gasteiger partial charge in [-0.1, -0.05) is 35.0 Å². The van der Waals surface area contributed by atoms with E-state index in [-0.39, 0.29) is 0 Å². The first-order valence-corrected chi connectivity index (χ1v) is 7.66.